The monoisotopic (exact) mass is 462 g/mol. The molecule has 0 saturated carbocycles. The van der Waals surface area contributed by atoms with Crippen molar-refractivity contribution >= 4 is 33.2 Å². The van der Waals surface area contributed by atoms with Crippen LogP contribution in [0.15, 0.2) is 42.5 Å². The zero-order valence-electron chi connectivity index (χ0n) is 16.6. The van der Waals surface area contributed by atoms with E-state index < -0.39 is 33.7 Å². The lowest BCUT2D eigenvalue weighted by atomic mass is 10.1. The molecule has 2 rings (SSSR count). The fourth-order valence-corrected chi connectivity index (χ4v) is 4.45. The highest BCUT2D eigenvalue weighted by Gasteiger charge is 2.33. The lowest BCUT2D eigenvalue weighted by Gasteiger charge is -2.31. The van der Waals surface area contributed by atoms with Crippen molar-refractivity contribution in [1.29, 1.82) is 0 Å². The molecular weight excluding hydrogens is 441 g/mol. The number of anilines is 1. The van der Waals surface area contributed by atoms with Gasteiger partial charge in [-0.1, -0.05) is 36.7 Å². The van der Waals surface area contributed by atoms with E-state index in [-0.39, 0.29) is 24.2 Å². The van der Waals surface area contributed by atoms with Gasteiger partial charge in [0.25, 0.3) is 0 Å². The zero-order chi connectivity index (χ0) is 22.7. The lowest BCUT2D eigenvalue weighted by Crippen LogP contribution is -2.49. The normalized spacial score (nSPS) is 13.0. The van der Waals surface area contributed by atoms with Gasteiger partial charge >= 0.3 is 6.18 Å². The minimum absolute atomic E-state index is 0.146. The van der Waals surface area contributed by atoms with Crippen LogP contribution in [0, 0.1) is 6.92 Å². The number of benzene rings is 2. The van der Waals surface area contributed by atoms with Gasteiger partial charge in [0.15, 0.2) is 0 Å². The molecule has 0 aromatic heterocycles. The zero-order valence-corrected chi connectivity index (χ0v) is 18.2. The van der Waals surface area contributed by atoms with Crippen LogP contribution in [0.5, 0.6) is 0 Å². The van der Waals surface area contributed by atoms with Crippen LogP contribution in [0.25, 0.3) is 0 Å². The van der Waals surface area contributed by atoms with E-state index >= 15 is 0 Å². The number of sulfonamides is 1. The van der Waals surface area contributed by atoms with E-state index in [1.807, 2.05) is 0 Å². The first-order valence-electron chi connectivity index (χ1n) is 9.04. The number of carbonyl (C=O) groups excluding carboxylic acids is 1. The van der Waals surface area contributed by atoms with Gasteiger partial charge in [0.2, 0.25) is 15.9 Å². The Bertz CT molecular complexity index is 1030. The average Bonchev–Trinajstić information content (AvgIpc) is 2.65. The number of aryl methyl sites for hydroxylation is 1. The third kappa shape index (κ3) is 5.89. The van der Waals surface area contributed by atoms with Gasteiger partial charge in [-0.15, -0.1) is 0 Å². The van der Waals surface area contributed by atoms with E-state index in [1.165, 1.54) is 18.2 Å². The first-order chi connectivity index (χ1) is 13.8. The third-order valence-corrected chi connectivity index (χ3v) is 5.86. The molecule has 2 aromatic rings. The fourth-order valence-electron chi connectivity index (χ4n) is 3.02. The van der Waals surface area contributed by atoms with Gasteiger partial charge in [-0.3, -0.25) is 9.10 Å². The Balaban J connectivity index is 2.30. The fraction of sp³-hybridized carbons (Fsp3) is 0.350. The number of hydrogen-bond donors (Lipinski definition) is 1. The molecule has 10 heteroatoms. The maximum Gasteiger partial charge on any atom is 0.416 e. The summed E-state index contributed by atoms with van der Waals surface area (Å²) in [5, 5.41) is 2.85. The van der Waals surface area contributed by atoms with Crippen LogP contribution in [-0.2, 0) is 27.5 Å². The molecule has 0 radical (unpaired) electrons. The summed E-state index contributed by atoms with van der Waals surface area (Å²) in [7, 11) is -3.86. The summed E-state index contributed by atoms with van der Waals surface area (Å²) in [5.74, 6) is -0.625. The van der Waals surface area contributed by atoms with Crippen LogP contribution < -0.4 is 9.62 Å². The highest BCUT2D eigenvalue weighted by molar-refractivity contribution is 7.92. The van der Waals surface area contributed by atoms with Gasteiger partial charge < -0.3 is 5.32 Å². The van der Waals surface area contributed by atoms with Gasteiger partial charge in [0.05, 0.1) is 17.5 Å². The van der Waals surface area contributed by atoms with Gasteiger partial charge in [-0.2, -0.15) is 13.2 Å². The summed E-state index contributed by atoms with van der Waals surface area (Å²) < 4.78 is 64.6. The van der Waals surface area contributed by atoms with Crippen molar-refractivity contribution in [3.63, 3.8) is 0 Å². The molecule has 164 valence electrons. The predicted octanol–water partition coefficient (Wildman–Crippen LogP) is 4.53. The van der Waals surface area contributed by atoms with E-state index in [0.717, 1.165) is 22.7 Å². The van der Waals surface area contributed by atoms with Crippen molar-refractivity contribution < 1.29 is 26.4 Å². The second kappa shape index (κ2) is 9.26. The van der Waals surface area contributed by atoms with E-state index in [9.17, 15) is 26.4 Å². The molecule has 0 unspecified atom stereocenters. The van der Waals surface area contributed by atoms with Crippen LogP contribution >= 0.6 is 11.6 Å². The molecule has 0 heterocycles. The molecule has 0 spiro atoms. The van der Waals surface area contributed by atoms with Crippen molar-refractivity contribution in [1.82, 2.24) is 5.32 Å². The number of halogens is 4. The minimum Gasteiger partial charge on any atom is -0.350 e. The number of hydrogen-bond acceptors (Lipinski definition) is 3. The maximum atomic E-state index is 12.9. The van der Waals surface area contributed by atoms with Crippen LogP contribution in [0.3, 0.4) is 0 Å². The van der Waals surface area contributed by atoms with Gasteiger partial charge in [-0.25, -0.2) is 8.42 Å². The smallest absolute Gasteiger partial charge is 0.350 e. The molecule has 1 atom stereocenters. The Morgan fingerprint density at radius 1 is 1.20 bits per heavy atom. The summed E-state index contributed by atoms with van der Waals surface area (Å²) in [4.78, 5) is 12.8. The van der Waals surface area contributed by atoms with Crippen LogP contribution in [0.4, 0.5) is 18.9 Å². The second-order valence-corrected chi connectivity index (χ2v) is 9.13. The number of nitrogens with zero attached hydrogens (tertiary/aromatic N) is 1. The van der Waals surface area contributed by atoms with E-state index in [2.05, 4.69) is 5.32 Å². The van der Waals surface area contributed by atoms with Crippen LogP contribution in [0.1, 0.15) is 30.0 Å². The van der Waals surface area contributed by atoms with Crippen molar-refractivity contribution in [3.8, 4) is 0 Å². The minimum atomic E-state index is -4.50. The molecule has 0 bridgehead atoms. The van der Waals surface area contributed by atoms with Crippen molar-refractivity contribution in [3.05, 3.63) is 64.2 Å². The molecule has 1 amide bonds. The topological polar surface area (TPSA) is 66.5 Å². The Hall–Kier alpha value is -2.26. The summed E-state index contributed by atoms with van der Waals surface area (Å²) in [5.41, 5.74) is 0.298. The Morgan fingerprint density at radius 2 is 1.87 bits per heavy atom. The summed E-state index contributed by atoms with van der Waals surface area (Å²) in [6.07, 6.45) is -3.37. The summed E-state index contributed by atoms with van der Waals surface area (Å²) in [6.45, 7) is 3.16. The SMILES string of the molecule is CC[C@H](C(=O)NCc1cccc(C(F)(F)F)c1)N(c1cc(Cl)ccc1C)S(C)(=O)=O. The molecule has 0 saturated heterocycles. The molecule has 0 aliphatic rings. The number of nitrogens with one attached hydrogen (secondary N) is 1. The summed E-state index contributed by atoms with van der Waals surface area (Å²) >= 11 is 6.02. The number of rotatable bonds is 7. The summed E-state index contributed by atoms with van der Waals surface area (Å²) in [6, 6.07) is 8.19. The number of amides is 1. The quantitative estimate of drug-likeness (QED) is 0.657. The van der Waals surface area contributed by atoms with E-state index in [0.29, 0.717) is 10.6 Å². The number of alkyl halides is 3. The largest absolute Gasteiger partial charge is 0.416 e. The van der Waals surface area contributed by atoms with E-state index in [4.69, 9.17) is 11.6 Å². The highest BCUT2D eigenvalue weighted by atomic mass is 35.5. The Morgan fingerprint density at radius 3 is 2.43 bits per heavy atom. The lowest BCUT2D eigenvalue weighted by molar-refractivity contribution is -0.137. The molecule has 2 aromatic carbocycles. The standard InChI is InChI=1S/C20H22ClF3N2O3S/c1-4-17(26(30(3,28)29)18-11-16(21)9-8-13(18)2)19(27)25-12-14-6-5-7-15(10-14)20(22,23)24/h5-11,17H,4,12H2,1-3H3,(H,25,27)/t17-/m1/s1. The molecular formula is C20H22ClF3N2O3S. The van der Waals surface area contributed by atoms with Crippen LogP contribution in [0.2, 0.25) is 5.02 Å². The first kappa shape index (κ1) is 24.0. The maximum absolute atomic E-state index is 12.9. The Labute approximate surface area is 178 Å². The predicted molar refractivity (Wildman–Crippen MR) is 111 cm³/mol. The number of carbonyl (C=O) groups is 1. The van der Waals surface area contributed by atoms with Gasteiger partial charge in [0, 0.05) is 11.6 Å². The molecule has 5 nitrogen and oxygen atoms in total. The van der Waals surface area contributed by atoms with Gasteiger partial charge in [0.1, 0.15) is 6.04 Å². The molecule has 1 N–H and O–H groups in total. The van der Waals surface area contributed by atoms with Gasteiger partial charge in [-0.05, 0) is 48.7 Å². The van der Waals surface area contributed by atoms with Crippen LogP contribution in [-0.4, -0.2) is 26.6 Å². The van der Waals surface area contributed by atoms with Crippen molar-refractivity contribution in [2.75, 3.05) is 10.6 Å². The first-order valence-corrected chi connectivity index (χ1v) is 11.3. The van der Waals surface area contributed by atoms with Crippen molar-refractivity contribution in [2.24, 2.45) is 0 Å². The molecule has 0 aliphatic heterocycles. The molecule has 30 heavy (non-hydrogen) atoms. The second-order valence-electron chi connectivity index (χ2n) is 6.83. The Kier molecular flexibility index (Phi) is 7.41. The molecule has 0 aliphatic carbocycles. The van der Waals surface area contributed by atoms with Crippen molar-refractivity contribution in [2.45, 2.75) is 39.0 Å². The average molecular weight is 463 g/mol. The highest BCUT2D eigenvalue weighted by Crippen LogP contribution is 2.30. The molecule has 0 fully saturated rings. The third-order valence-electron chi connectivity index (χ3n) is 4.46. The van der Waals surface area contributed by atoms with E-state index in [1.54, 1.807) is 26.0 Å².